The number of para-hydroxylation sites is 2. The number of benzene rings is 2. The number of thiocarbonyl (C=S) groups is 1. The summed E-state index contributed by atoms with van der Waals surface area (Å²) in [5.74, 6) is -0.286. The number of hydrogen-bond acceptors (Lipinski definition) is 1. The molecule has 0 bridgehead atoms. The summed E-state index contributed by atoms with van der Waals surface area (Å²) in [6.45, 7) is 0. The first kappa shape index (κ1) is 15.9. The Morgan fingerprint density at radius 1 is 0.957 bits per heavy atom. The lowest BCUT2D eigenvalue weighted by atomic mass is 9.94. The van der Waals surface area contributed by atoms with Crippen LogP contribution in [0.15, 0.2) is 54.6 Å². The lowest BCUT2D eigenvalue weighted by Crippen LogP contribution is -2.44. The van der Waals surface area contributed by atoms with Gasteiger partial charge in [0.05, 0.1) is 5.69 Å². The molecule has 1 aliphatic rings. The van der Waals surface area contributed by atoms with E-state index in [9.17, 15) is 4.39 Å². The molecule has 0 amide bonds. The highest BCUT2D eigenvalue weighted by Crippen LogP contribution is 2.28. The topological polar surface area (TPSA) is 15.3 Å². The van der Waals surface area contributed by atoms with E-state index < -0.39 is 0 Å². The van der Waals surface area contributed by atoms with Crippen molar-refractivity contribution in [1.29, 1.82) is 0 Å². The van der Waals surface area contributed by atoms with E-state index in [1.165, 1.54) is 25.3 Å². The summed E-state index contributed by atoms with van der Waals surface area (Å²) < 4.78 is 13.9. The first-order chi connectivity index (χ1) is 11.3. The molecular weight excluding hydrogens is 307 g/mol. The van der Waals surface area contributed by atoms with Gasteiger partial charge in [-0.25, -0.2) is 4.39 Å². The maximum atomic E-state index is 13.9. The Morgan fingerprint density at radius 3 is 2.30 bits per heavy atom. The number of nitrogens with one attached hydrogen (secondary N) is 1. The zero-order valence-electron chi connectivity index (χ0n) is 13.0. The molecule has 23 heavy (non-hydrogen) atoms. The van der Waals surface area contributed by atoms with Gasteiger partial charge in [-0.3, -0.25) is 0 Å². The van der Waals surface area contributed by atoms with E-state index in [4.69, 9.17) is 12.2 Å². The van der Waals surface area contributed by atoms with Gasteiger partial charge in [0.25, 0.3) is 0 Å². The number of nitrogens with zero attached hydrogens (tertiary/aromatic N) is 1. The summed E-state index contributed by atoms with van der Waals surface area (Å²) in [5.41, 5.74) is 1.49. The van der Waals surface area contributed by atoms with Crippen LogP contribution in [0.1, 0.15) is 32.1 Å². The van der Waals surface area contributed by atoms with Crippen LogP contribution < -0.4 is 10.2 Å². The molecule has 0 atom stereocenters. The summed E-state index contributed by atoms with van der Waals surface area (Å²) in [5, 5.41) is 3.65. The third-order valence-electron chi connectivity index (χ3n) is 4.31. The quantitative estimate of drug-likeness (QED) is 0.763. The molecule has 0 heterocycles. The molecular formula is C19H21FN2S. The Labute approximate surface area is 142 Å². The molecule has 1 N–H and O–H groups in total. The fourth-order valence-corrected chi connectivity index (χ4v) is 3.52. The number of hydrogen-bond donors (Lipinski definition) is 1. The first-order valence-electron chi connectivity index (χ1n) is 8.15. The molecule has 1 fully saturated rings. The lowest BCUT2D eigenvalue weighted by molar-refractivity contribution is 0.441. The highest BCUT2D eigenvalue weighted by Gasteiger charge is 2.25. The van der Waals surface area contributed by atoms with Crippen LogP contribution in [0, 0.1) is 5.82 Å². The van der Waals surface area contributed by atoms with Crippen molar-refractivity contribution in [1.82, 2.24) is 0 Å². The van der Waals surface area contributed by atoms with Crippen molar-refractivity contribution in [3.8, 4) is 0 Å². The van der Waals surface area contributed by atoms with E-state index in [-0.39, 0.29) is 5.82 Å². The van der Waals surface area contributed by atoms with Gasteiger partial charge < -0.3 is 10.2 Å². The molecule has 2 aromatic rings. The van der Waals surface area contributed by atoms with Crippen LogP contribution in [-0.4, -0.2) is 11.2 Å². The van der Waals surface area contributed by atoms with Gasteiger partial charge in [-0.15, -0.1) is 0 Å². The van der Waals surface area contributed by atoms with Crippen LogP contribution in [0.5, 0.6) is 0 Å². The summed E-state index contributed by atoms with van der Waals surface area (Å²) in [7, 11) is 0. The third-order valence-corrected chi connectivity index (χ3v) is 4.61. The average Bonchev–Trinajstić information content (AvgIpc) is 2.59. The van der Waals surface area contributed by atoms with Crippen molar-refractivity contribution >= 4 is 28.7 Å². The Balaban J connectivity index is 1.85. The van der Waals surface area contributed by atoms with Gasteiger partial charge in [0.1, 0.15) is 5.82 Å². The Hall–Kier alpha value is -1.94. The van der Waals surface area contributed by atoms with Crippen molar-refractivity contribution in [2.75, 3.05) is 10.2 Å². The first-order valence-corrected chi connectivity index (χ1v) is 8.56. The van der Waals surface area contributed by atoms with Gasteiger partial charge in [-0.05, 0) is 49.3 Å². The number of rotatable bonds is 3. The van der Waals surface area contributed by atoms with Crippen LogP contribution in [0.4, 0.5) is 15.8 Å². The van der Waals surface area contributed by atoms with Crippen LogP contribution in [0.25, 0.3) is 0 Å². The van der Waals surface area contributed by atoms with Crippen molar-refractivity contribution < 1.29 is 4.39 Å². The van der Waals surface area contributed by atoms with E-state index in [0.29, 0.717) is 16.8 Å². The SMILES string of the molecule is Fc1ccccc1NC(=S)N(c1ccccc1)C1CCCCC1. The molecule has 0 radical (unpaired) electrons. The maximum absolute atomic E-state index is 13.9. The molecule has 2 nitrogen and oxygen atoms in total. The fraction of sp³-hybridized carbons (Fsp3) is 0.316. The van der Waals surface area contributed by atoms with Crippen LogP contribution in [0.3, 0.4) is 0 Å². The van der Waals surface area contributed by atoms with E-state index in [0.717, 1.165) is 18.5 Å². The van der Waals surface area contributed by atoms with Crippen molar-refractivity contribution in [3.63, 3.8) is 0 Å². The van der Waals surface area contributed by atoms with Crippen LogP contribution in [-0.2, 0) is 0 Å². The number of halogens is 1. The highest BCUT2D eigenvalue weighted by molar-refractivity contribution is 7.80. The van der Waals surface area contributed by atoms with Crippen LogP contribution in [0.2, 0.25) is 0 Å². The maximum Gasteiger partial charge on any atom is 0.178 e. The normalized spacial score (nSPS) is 15.2. The second-order valence-electron chi connectivity index (χ2n) is 5.91. The Bertz CT molecular complexity index is 653. The second-order valence-corrected chi connectivity index (χ2v) is 6.29. The molecule has 2 aromatic carbocycles. The van der Waals surface area contributed by atoms with Gasteiger partial charge >= 0.3 is 0 Å². The van der Waals surface area contributed by atoms with Crippen LogP contribution >= 0.6 is 12.2 Å². The van der Waals surface area contributed by atoms with E-state index in [1.54, 1.807) is 12.1 Å². The molecule has 0 aromatic heterocycles. The summed E-state index contributed by atoms with van der Waals surface area (Å²) >= 11 is 5.63. The minimum absolute atomic E-state index is 0.286. The predicted octanol–water partition coefficient (Wildman–Crippen LogP) is 5.36. The Morgan fingerprint density at radius 2 is 1.61 bits per heavy atom. The molecule has 0 aliphatic heterocycles. The van der Waals surface area contributed by atoms with Gasteiger partial charge in [0, 0.05) is 11.7 Å². The van der Waals surface area contributed by atoms with Gasteiger partial charge in [-0.2, -0.15) is 0 Å². The molecule has 0 unspecified atom stereocenters. The van der Waals surface area contributed by atoms with Crippen molar-refractivity contribution in [2.45, 2.75) is 38.1 Å². The predicted molar refractivity (Wildman–Crippen MR) is 98.4 cm³/mol. The van der Waals surface area contributed by atoms with E-state index in [2.05, 4.69) is 22.3 Å². The highest BCUT2D eigenvalue weighted by atomic mass is 32.1. The minimum Gasteiger partial charge on any atom is -0.330 e. The summed E-state index contributed by atoms with van der Waals surface area (Å²) in [6, 6.07) is 17.2. The van der Waals surface area contributed by atoms with Gasteiger partial charge in [0.2, 0.25) is 0 Å². The largest absolute Gasteiger partial charge is 0.330 e. The summed E-state index contributed by atoms with van der Waals surface area (Å²) in [4.78, 5) is 2.15. The van der Waals surface area contributed by atoms with Crippen molar-refractivity contribution in [2.24, 2.45) is 0 Å². The molecule has 3 rings (SSSR count). The standard InChI is InChI=1S/C19H21FN2S/c20-17-13-7-8-14-18(17)21-19(23)22(15-9-3-1-4-10-15)16-11-5-2-6-12-16/h1,3-4,7-10,13-14,16H,2,5-6,11-12H2,(H,21,23). The molecule has 1 saturated carbocycles. The second kappa shape index (κ2) is 7.55. The fourth-order valence-electron chi connectivity index (χ4n) is 3.16. The molecule has 1 aliphatic carbocycles. The molecule has 0 spiro atoms. The Kier molecular flexibility index (Phi) is 5.23. The van der Waals surface area contributed by atoms with E-state index >= 15 is 0 Å². The zero-order valence-corrected chi connectivity index (χ0v) is 13.9. The lowest BCUT2D eigenvalue weighted by Gasteiger charge is -2.36. The smallest absolute Gasteiger partial charge is 0.178 e. The minimum atomic E-state index is -0.286. The van der Waals surface area contributed by atoms with E-state index in [1.807, 2.05) is 24.3 Å². The molecule has 4 heteroatoms. The summed E-state index contributed by atoms with van der Waals surface area (Å²) in [6.07, 6.45) is 5.96. The van der Waals surface area contributed by atoms with Gasteiger partial charge in [-0.1, -0.05) is 49.6 Å². The average molecular weight is 328 g/mol. The third kappa shape index (κ3) is 3.88. The van der Waals surface area contributed by atoms with Crippen molar-refractivity contribution in [3.05, 3.63) is 60.4 Å². The zero-order chi connectivity index (χ0) is 16.1. The van der Waals surface area contributed by atoms with Gasteiger partial charge in [0.15, 0.2) is 5.11 Å². The molecule has 120 valence electrons. The number of anilines is 2. The monoisotopic (exact) mass is 328 g/mol. The molecule has 0 saturated heterocycles.